The molecule has 0 aliphatic carbocycles. The zero-order chi connectivity index (χ0) is 10.2. The topological polar surface area (TPSA) is 42.4 Å². The van der Waals surface area contributed by atoms with Crippen LogP contribution in [-0.2, 0) is 11.2 Å². The van der Waals surface area contributed by atoms with Crippen molar-refractivity contribution >= 4 is 0 Å². The molecule has 1 heterocycles. The van der Waals surface area contributed by atoms with Crippen LogP contribution < -0.4 is 0 Å². The van der Waals surface area contributed by atoms with E-state index in [0.717, 1.165) is 18.5 Å². The van der Waals surface area contributed by atoms with Gasteiger partial charge in [0.1, 0.15) is 0 Å². The van der Waals surface area contributed by atoms with Gasteiger partial charge >= 0.3 is 0 Å². The van der Waals surface area contributed by atoms with Gasteiger partial charge in [-0.1, -0.05) is 13.0 Å². The van der Waals surface area contributed by atoms with Gasteiger partial charge in [-0.3, -0.25) is 4.98 Å². The molecule has 1 aromatic rings. The summed E-state index contributed by atoms with van der Waals surface area (Å²) in [6.45, 7) is 2.48. The van der Waals surface area contributed by atoms with Crippen molar-refractivity contribution in [2.75, 3.05) is 6.61 Å². The summed E-state index contributed by atoms with van der Waals surface area (Å²) in [5.74, 6) is 0. The summed E-state index contributed by atoms with van der Waals surface area (Å²) >= 11 is 0. The van der Waals surface area contributed by atoms with Gasteiger partial charge in [0.2, 0.25) is 0 Å². The lowest BCUT2D eigenvalue weighted by Gasteiger charge is -2.08. The van der Waals surface area contributed by atoms with Gasteiger partial charge in [-0.05, 0) is 31.4 Å². The Bertz CT molecular complexity index is 238. The molecular formula is C11H17NO2. The van der Waals surface area contributed by atoms with Gasteiger partial charge in [0.15, 0.2) is 6.29 Å². The van der Waals surface area contributed by atoms with Crippen LogP contribution in [0.25, 0.3) is 0 Å². The van der Waals surface area contributed by atoms with Crippen LogP contribution in [-0.4, -0.2) is 23.0 Å². The molecule has 0 saturated carbocycles. The summed E-state index contributed by atoms with van der Waals surface area (Å²) in [7, 11) is 0. The summed E-state index contributed by atoms with van der Waals surface area (Å²) in [5.41, 5.74) is 1.07. The molecule has 0 saturated heterocycles. The molecule has 14 heavy (non-hydrogen) atoms. The molecule has 1 atom stereocenters. The van der Waals surface area contributed by atoms with E-state index in [-0.39, 0.29) is 0 Å². The number of aryl methyl sites for hydroxylation is 1. The first-order chi connectivity index (χ1) is 6.83. The van der Waals surface area contributed by atoms with Crippen molar-refractivity contribution in [1.29, 1.82) is 0 Å². The summed E-state index contributed by atoms with van der Waals surface area (Å²) in [4.78, 5) is 4.20. The number of pyridine rings is 1. The molecule has 0 amide bonds. The number of hydrogen-bond acceptors (Lipinski definition) is 3. The van der Waals surface area contributed by atoms with E-state index in [1.54, 1.807) is 6.20 Å². The Labute approximate surface area is 84.7 Å². The highest BCUT2D eigenvalue weighted by Crippen LogP contribution is 2.00. The third-order valence-electron chi connectivity index (χ3n) is 1.96. The van der Waals surface area contributed by atoms with E-state index in [0.29, 0.717) is 13.0 Å². The molecule has 1 rings (SSSR count). The Kier molecular flexibility index (Phi) is 5.19. The van der Waals surface area contributed by atoms with E-state index in [9.17, 15) is 0 Å². The van der Waals surface area contributed by atoms with Crippen molar-refractivity contribution in [2.24, 2.45) is 0 Å². The minimum atomic E-state index is -0.612. The van der Waals surface area contributed by atoms with Crippen LogP contribution in [0.5, 0.6) is 0 Å². The maximum Gasteiger partial charge on any atom is 0.154 e. The number of nitrogens with zero attached hydrogens (tertiary/aromatic N) is 1. The SMILES string of the molecule is CCC(O)OCCCc1ccccn1. The quantitative estimate of drug-likeness (QED) is 0.555. The third kappa shape index (κ3) is 4.35. The molecule has 1 N–H and O–H groups in total. The van der Waals surface area contributed by atoms with Crippen molar-refractivity contribution in [1.82, 2.24) is 4.98 Å². The lowest BCUT2D eigenvalue weighted by molar-refractivity contribution is -0.100. The van der Waals surface area contributed by atoms with Gasteiger partial charge in [-0.2, -0.15) is 0 Å². The first-order valence-electron chi connectivity index (χ1n) is 5.02. The first-order valence-corrected chi connectivity index (χ1v) is 5.02. The van der Waals surface area contributed by atoms with Crippen LogP contribution >= 0.6 is 0 Å². The van der Waals surface area contributed by atoms with Crippen LogP contribution in [0.2, 0.25) is 0 Å². The van der Waals surface area contributed by atoms with E-state index in [1.165, 1.54) is 0 Å². The molecule has 1 unspecified atom stereocenters. The van der Waals surface area contributed by atoms with Crippen LogP contribution in [0.4, 0.5) is 0 Å². The van der Waals surface area contributed by atoms with Crippen LogP contribution in [0.3, 0.4) is 0 Å². The van der Waals surface area contributed by atoms with Crippen molar-refractivity contribution in [3.8, 4) is 0 Å². The Hall–Kier alpha value is -0.930. The molecular weight excluding hydrogens is 178 g/mol. The predicted octanol–water partition coefficient (Wildman–Crippen LogP) is 1.76. The van der Waals surface area contributed by atoms with Gasteiger partial charge in [-0.15, -0.1) is 0 Å². The fraction of sp³-hybridized carbons (Fsp3) is 0.545. The van der Waals surface area contributed by atoms with E-state index < -0.39 is 6.29 Å². The number of ether oxygens (including phenoxy) is 1. The predicted molar refractivity (Wildman–Crippen MR) is 54.8 cm³/mol. The number of hydrogen-bond donors (Lipinski definition) is 1. The first kappa shape index (κ1) is 11.1. The molecule has 3 heteroatoms. The molecule has 0 radical (unpaired) electrons. The normalized spacial score (nSPS) is 12.7. The second-order valence-electron chi connectivity index (χ2n) is 3.16. The molecule has 0 fully saturated rings. The number of aliphatic hydroxyl groups excluding tert-OH is 1. The maximum absolute atomic E-state index is 9.12. The minimum Gasteiger partial charge on any atom is -0.368 e. The molecule has 0 spiro atoms. The highest BCUT2D eigenvalue weighted by Gasteiger charge is 1.99. The zero-order valence-electron chi connectivity index (χ0n) is 8.52. The second kappa shape index (κ2) is 6.51. The summed E-state index contributed by atoms with van der Waals surface area (Å²) in [5, 5.41) is 9.12. The van der Waals surface area contributed by atoms with Gasteiger partial charge in [0, 0.05) is 11.9 Å². The molecule has 0 aliphatic heterocycles. The van der Waals surface area contributed by atoms with Crippen molar-refractivity contribution in [3.63, 3.8) is 0 Å². The summed E-state index contributed by atoms with van der Waals surface area (Å²) < 4.78 is 5.14. The highest BCUT2D eigenvalue weighted by molar-refractivity contribution is 5.03. The highest BCUT2D eigenvalue weighted by atomic mass is 16.6. The smallest absolute Gasteiger partial charge is 0.154 e. The number of aromatic nitrogens is 1. The summed E-state index contributed by atoms with van der Waals surface area (Å²) in [6.07, 6.45) is 3.62. The standard InChI is InChI=1S/C11H17NO2/c1-2-11(13)14-9-5-7-10-6-3-4-8-12-10/h3-4,6,8,11,13H,2,5,7,9H2,1H3. The third-order valence-corrected chi connectivity index (χ3v) is 1.96. The van der Waals surface area contributed by atoms with Crippen LogP contribution in [0, 0.1) is 0 Å². The van der Waals surface area contributed by atoms with Gasteiger partial charge < -0.3 is 9.84 Å². The Morgan fingerprint density at radius 1 is 1.50 bits per heavy atom. The molecule has 0 aliphatic rings. The fourth-order valence-electron chi connectivity index (χ4n) is 1.14. The van der Waals surface area contributed by atoms with Crippen molar-refractivity contribution in [3.05, 3.63) is 30.1 Å². The van der Waals surface area contributed by atoms with E-state index >= 15 is 0 Å². The van der Waals surface area contributed by atoms with E-state index in [4.69, 9.17) is 9.84 Å². The molecule has 1 aromatic heterocycles. The van der Waals surface area contributed by atoms with Crippen LogP contribution in [0.15, 0.2) is 24.4 Å². The largest absolute Gasteiger partial charge is 0.368 e. The van der Waals surface area contributed by atoms with Gasteiger partial charge in [-0.25, -0.2) is 0 Å². The Balaban J connectivity index is 2.10. The number of aliphatic hydroxyl groups is 1. The molecule has 78 valence electrons. The molecule has 3 nitrogen and oxygen atoms in total. The monoisotopic (exact) mass is 195 g/mol. The molecule has 0 aromatic carbocycles. The minimum absolute atomic E-state index is 0.589. The van der Waals surface area contributed by atoms with Crippen LogP contribution in [0.1, 0.15) is 25.5 Å². The van der Waals surface area contributed by atoms with Crippen molar-refractivity contribution < 1.29 is 9.84 Å². The lowest BCUT2D eigenvalue weighted by Crippen LogP contribution is -2.11. The van der Waals surface area contributed by atoms with E-state index in [1.807, 2.05) is 25.1 Å². The second-order valence-corrected chi connectivity index (χ2v) is 3.16. The van der Waals surface area contributed by atoms with Gasteiger partial charge in [0.05, 0.1) is 6.61 Å². The lowest BCUT2D eigenvalue weighted by atomic mass is 10.2. The Morgan fingerprint density at radius 2 is 2.36 bits per heavy atom. The maximum atomic E-state index is 9.12. The van der Waals surface area contributed by atoms with Gasteiger partial charge in [0.25, 0.3) is 0 Å². The fourth-order valence-corrected chi connectivity index (χ4v) is 1.14. The Morgan fingerprint density at radius 3 is 3.00 bits per heavy atom. The average Bonchev–Trinajstić information content (AvgIpc) is 2.25. The molecule has 0 bridgehead atoms. The van der Waals surface area contributed by atoms with Crippen molar-refractivity contribution in [2.45, 2.75) is 32.5 Å². The van der Waals surface area contributed by atoms with E-state index in [2.05, 4.69) is 4.98 Å². The number of rotatable bonds is 6. The summed E-state index contributed by atoms with van der Waals surface area (Å²) in [6, 6.07) is 5.88. The average molecular weight is 195 g/mol. The zero-order valence-corrected chi connectivity index (χ0v) is 8.52.